The van der Waals surface area contributed by atoms with Crippen LogP contribution in [-0.2, 0) is 9.53 Å². The Labute approximate surface area is 85.0 Å². The Bertz CT molecular complexity index is 235. The van der Waals surface area contributed by atoms with Gasteiger partial charge in [-0.3, -0.25) is 4.79 Å². The molecule has 0 aliphatic heterocycles. The van der Waals surface area contributed by atoms with Gasteiger partial charge in [0.25, 0.3) is 0 Å². The highest BCUT2D eigenvalue weighted by molar-refractivity contribution is 5.77. The summed E-state index contributed by atoms with van der Waals surface area (Å²) >= 11 is 0. The van der Waals surface area contributed by atoms with E-state index >= 15 is 0 Å². The molecule has 0 radical (unpaired) electrons. The molecule has 4 aliphatic rings. The SMILES string of the molecule is CCOC(=O)C1[C@H]2C3CCC(CC3)[C@@H]12. The van der Waals surface area contributed by atoms with E-state index in [0.29, 0.717) is 12.5 Å². The molecule has 0 aromatic heterocycles. The number of hydrogen-bond donors (Lipinski definition) is 0. The third-order valence-electron chi connectivity index (χ3n) is 4.60. The first-order valence-electron chi connectivity index (χ1n) is 5.99. The molecule has 14 heavy (non-hydrogen) atoms. The van der Waals surface area contributed by atoms with Crippen LogP contribution in [0.3, 0.4) is 0 Å². The van der Waals surface area contributed by atoms with Crippen LogP contribution in [0.1, 0.15) is 32.6 Å². The van der Waals surface area contributed by atoms with Crippen molar-refractivity contribution in [1.82, 2.24) is 0 Å². The molecule has 4 aliphatic carbocycles. The van der Waals surface area contributed by atoms with E-state index in [1.165, 1.54) is 25.7 Å². The van der Waals surface area contributed by atoms with Crippen molar-refractivity contribution in [1.29, 1.82) is 0 Å². The number of rotatable bonds is 2. The molecule has 0 amide bonds. The van der Waals surface area contributed by atoms with Crippen molar-refractivity contribution in [2.75, 3.05) is 6.61 Å². The summed E-state index contributed by atoms with van der Waals surface area (Å²) in [5, 5.41) is 0. The molecule has 0 spiro atoms. The Hall–Kier alpha value is -0.530. The highest BCUT2D eigenvalue weighted by Gasteiger charge is 2.65. The van der Waals surface area contributed by atoms with Gasteiger partial charge in [0.05, 0.1) is 12.5 Å². The van der Waals surface area contributed by atoms with E-state index in [0.717, 1.165) is 23.7 Å². The Morgan fingerprint density at radius 1 is 1.14 bits per heavy atom. The average molecular weight is 194 g/mol. The van der Waals surface area contributed by atoms with Crippen LogP contribution in [0.15, 0.2) is 0 Å². The fourth-order valence-corrected chi connectivity index (χ4v) is 4.04. The predicted molar refractivity (Wildman–Crippen MR) is 52.6 cm³/mol. The van der Waals surface area contributed by atoms with Crippen molar-refractivity contribution in [3.63, 3.8) is 0 Å². The lowest BCUT2D eigenvalue weighted by Gasteiger charge is -2.34. The lowest BCUT2D eigenvalue weighted by atomic mass is 9.71. The number of carbonyl (C=O) groups is 1. The molecule has 0 N–H and O–H groups in total. The van der Waals surface area contributed by atoms with Crippen LogP contribution in [0.4, 0.5) is 0 Å². The van der Waals surface area contributed by atoms with E-state index in [-0.39, 0.29) is 5.97 Å². The van der Waals surface area contributed by atoms with Gasteiger partial charge < -0.3 is 4.74 Å². The first-order valence-corrected chi connectivity index (χ1v) is 5.99. The van der Waals surface area contributed by atoms with Gasteiger partial charge in [0.2, 0.25) is 0 Å². The Balaban J connectivity index is 1.72. The number of ether oxygens (including phenoxy) is 1. The Morgan fingerprint density at radius 2 is 1.64 bits per heavy atom. The molecule has 0 saturated heterocycles. The quantitative estimate of drug-likeness (QED) is 0.630. The van der Waals surface area contributed by atoms with Gasteiger partial charge >= 0.3 is 5.97 Å². The number of hydrogen-bond acceptors (Lipinski definition) is 2. The van der Waals surface area contributed by atoms with Crippen LogP contribution in [-0.4, -0.2) is 12.6 Å². The normalized spacial score (nSPS) is 48.5. The number of esters is 1. The monoisotopic (exact) mass is 194 g/mol. The van der Waals surface area contributed by atoms with E-state index in [1.807, 2.05) is 6.92 Å². The third-order valence-corrected chi connectivity index (χ3v) is 4.60. The maximum absolute atomic E-state index is 11.7. The van der Waals surface area contributed by atoms with Crippen LogP contribution in [0.5, 0.6) is 0 Å². The molecule has 2 nitrogen and oxygen atoms in total. The summed E-state index contributed by atoms with van der Waals surface area (Å²) in [4.78, 5) is 11.7. The van der Waals surface area contributed by atoms with Crippen molar-refractivity contribution in [3.8, 4) is 0 Å². The molecule has 3 atom stereocenters. The van der Waals surface area contributed by atoms with E-state index < -0.39 is 0 Å². The highest BCUT2D eigenvalue weighted by atomic mass is 16.5. The van der Waals surface area contributed by atoms with Crippen LogP contribution < -0.4 is 0 Å². The molecule has 4 fully saturated rings. The minimum Gasteiger partial charge on any atom is -0.466 e. The van der Waals surface area contributed by atoms with Gasteiger partial charge in [-0.2, -0.15) is 0 Å². The summed E-state index contributed by atoms with van der Waals surface area (Å²) in [5.41, 5.74) is 0. The van der Waals surface area contributed by atoms with Crippen LogP contribution in [0.2, 0.25) is 0 Å². The second-order valence-corrected chi connectivity index (χ2v) is 5.11. The van der Waals surface area contributed by atoms with Gasteiger partial charge in [0, 0.05) is 0 Å². The summed E-state index contributed by atoms with van der Waals surface area (Å²) < 4.78 is 5.14. The summed E-state index contributed by atoms with van der Waals surface area (Å²) in [6.07, 6.45) is 5.51. The van der Waals surface area contributed by atoms with Crippen molar-refractivity contribution >= 4 is 5.97 Å². The maximum atomic E-state index is 11.7. The van der Waals surface area contributed by atoms with Crippen molar-refractivity contribution < 1.29 is 9.53 Å². The lowest BCUT2D eigenvalue weighted by Crippen LogP contribution is -2.24. The number of carbonyl (C=O) groups excluding carboxylic acids is 1. The molecule has 4 rings (SSSR count). The van der Waals surface area contributed by atoms with Crippen molar-refractivity contribution in [3.05, 3.63) is 0 Å². The zero-order valence-corrected chi connectivity index (χ0v) is 8.74. The van der Waals surface area contributed by atoms with Crippen molar-refractivity contribution in [2.24, 2.45) is 29.6 Å². The molecular weight excluding hydrogens is 176 g/mol. The third kappa shape index (κ3) is 1.06. The van der Waals surface area contributed by atoms with Gasteiger partial charge in [0.1, 0.15) is 0 Å². The predicted octanol–water partition coefficient (Wildman–Crippen LogP) is 2.23. The van der Waals surface area contributed by atoms with Gasteiger partial charge in [-0.1, -0.05) is 0 Å². The zero-order chi connectivity index (χ0) is 9.71. The summed E-state index contributed by atoms with van der Waals surface area (Å²) in [6.45, 7) is 2.45. The van der Waals surface area contributed by atoms with E-state index in [1.54, 1.807) is 0 Å². The van der Waals surface area contributed by atoms with Crippen LogP contribution in [0.25, 0.3) is 0 Å². The first-order chi connectivity index (χ1) is 6.83. The molecule has 78 valence electrons. The van der Waals surface area contributed by atoms with E-state index in [4.69, 9.17) is 4.74 Å². The fraction of sp³-hybridized carbons (Fsp3) is 0.917. The van der Waals surface area contributed by atoms with Gasteiger partial charge in [-0.05, 0) is 56.3 Å². The summed E-state index contributed by atoms with van der Waals surface area (Å²) in [6, 6.07) is 0. The summed E-state index contributed by atoms with van der Waals surface area (Å²) in [7, 11) is 0. The second-order valence-electron chi connectivity index (χ2n) is 5.11. The molecule has 2 heteroatoms. The van der Waals surface area contributed by atoms with Crippen LogP contribution in [0, 0.1) is 29.6 Å². The molecular formula is C12H18O2. The fourth-order valence-electron chi connectivity index (χ4n) is 4.04. The van der Waals surface area contributed by atoms with Crippen molar-refractivity contribution in [2.45, 2.75) is 32.6 Å². The van der Waals surface area contributed by atoms with Crippen LogP contribution >= 0.6 is 0 Å². The minimum absolute atomic E-state index is 0.0984. The Morgan fingerprint density at radius 3 is 2.07 bits per heavy atom. The van der Waals surface area contributed by atoms with E-state index in [9.17, 15) is 4.79 Å². The molecule has 2 bridgehead atoms. The van der Waals surface area contributed by atoms with E-state index in [2.05, 4.69) is 0 Å². The first kappa shape index (κ1) is 8.75. The maximum Gasteiger partial charge on any atom is 0.309 e. The topological polar surface area (TPSA) is 26.3 Å². The lowest BCUT2D eigenvalue weighted by molar-refractivity contribution is -0.145. The van der Waals surface area contributed by atoms with Gasteiger partial charge in [-0.25, -0.2) is 0 Å². The smallest absolute Gasteiger partial charge is 0.309 e. The molecule has 1 unspecified atom stereocenters. The van der Waals surface area contributed by atoms with Gasteiger partial charge in [0.15, 0.2) is 0 Å². The second kappa shape index (κ2) is 2.98. The minimum atomic E-state index is 0.0984. The zero-order valence-electron chi connectivity index (χ0n) is 8.74. The molecule has 0 aromatic rings. The average Bonchev–Trinajstić information content (AvgIpc) is 2.96. The molecule has 4 saturated carbocycles. The largest absolute Gasteiger partial charge is 0.466 e. The standard InChI is InChI=1S/C12H18O2/c1-2-14-12(13)11-9-7-3-4-8(6-5-7)10(9)11/h7-11H,2-6H2,1H3/t7?,8?,9-,10+,11?. The highest BCUT2D eigenvalue weighted by Crippen LogP contribution is 2.66. The number of fused-ring (bicyclic) bond motifs is 2. The summed E-state index contributed by atoms with van der Waals surface area (Å²) in [5.74, 6) is 3.57. The van der Waals surface area contributed by atoms with Gasteiger partial charge in [-0.15, -0.1) is 0 Å². The Kier molecular flexibility index (Phi) is 1.86. The molecule has 0 aromatic carbocycles. The molecule has 0 heterocycles.